The van der Waals surface area contributed by atoms with Crippen molar-refractivity contribution in [3.05, 3.63) is 53.8 Å². The van der Waals surface area contributed by atoms with Crippen molar-refractivity contribution < 1.29 is 43.9 Å². The lowest BCUT2D eigenvalue weighted by Crippen LogP contribution is -2.17. The van der Waals surface area contributed by atoms with Crippen molar-refractivity contribution in [1.29, 1.82) is 0 Å². The first-order chi connectivity index (χ1) is 11.8. The molecule has 1 N–H and O–H groups in total. The molecular weight excluding hydrogens is 395 g/mol. The minimum Gasteiger partial charge on any atom is -0.406 e. The second-order valence-corrected chi connectivity index (χ2v) is 6.50. The van der Waals surface area contributed by atoms with E-state index in [1.54, 1.807) is 4.72 Å². The van der Waals surface area contributed by atoms with Gasteiger partial charge in [-0.15, -0.1) is 13.2 Å². The summed E-state index contributed by atoms with van der Waals surface area (Å²) in [5.74, 6) is -2.27. The summed E-state index contributed by atoms with van der Waals surface area (Å²) >= 11 is 0. The average molecular weight is 403 g/mol. The van der Waals surface area contributed by atoms with Crippen LogP contribution in [0.5, 0.6) is 5.75 Å². The summed E-state index contributed by atoms with van der Waals surface area (Å²) < 4.78 is 117. The number of hydrogen-bond donors (Lipinski definition) is 1. The Kier molecular flexibility index (Phi) is 5.08. The van der Waals surface area contributed by atoms with Gasteiger partial charge in [-0.25, -0.2) is 12.8 Å². The van der Waals surface area contributed by atoms with Crippen molar-refractivity contribution in [2.45, 2.75) is 17.4 Å². The number of halogens is 7. The lowest BCUT2D eigenvalue weighted by atomic mass is 10.2. The highest BCUT2D eigenvalue weighted by Crippen LogP contribution is 2.33. The van der Waals surface area contributed by atoms with Gasteiger partial charge in [0.25, 0.3) is 10.0 Å². The zero-order valence-electron chi connectivity index (χ0n) is 12.3. The van der Waals surface area contributed by atoms with Crippen molar-refractivity contribution in [2.75, 3.05) is 4.72 Å². The maximum atomic E-state index is 13.2. The van der Waals surface area contributed by atoms with Crippen molar-refractivity contribution >= 4 is 15.7 Å². The van der Waals surface area contributed by atoms with Crippen LogP contribution in [0.1, 0.15) is 5.56 Å². The molecule has 0 saturated carbocycles. The average Bonchev–Trinajstić information content (AvgIpc) is 2.47. The third-order valence-corrected chi connectivity index (χ3v) is 4.29. The lowest BCUT2D eigenvalue weighted by Gasteiger charge is -2.13. The highest BCUT2D eigenvalue weighted by Gasteiger charge is 2.34. The van der Waals surface area contributed by atoms with E-state index < -0.39 is 50.3 Å². The van der Waals surface area contributed by atoms with Gasteiger partial charge in [0, 0.05) is 5.69 Å². The lowest BCUT2D eigenvalue weighted by molar-refractivity contribution is -0.274. The monoisotopic (exact) mass is 403 g/mol. The SMILES string of the molecule is O=S(=O)(Nc1ccc(F)c(C(F)(F)F)c1)c1ccc(OC(F)(F)F)cc1. The Labute approximate surface area is 142 Å². The van der Waals surface area contributed by atoms with Gasteiger partial charge in [0.15, 0.2) is 0 Å². The maximum Gasteiger partial charge on any atom is 0.573 e. The molecular formula is C14H8F7NO3S. The largest absolute Gasteiger partial charge is 0.573 e. The topological polar surface area (TPSA) is 55.4 Å². The van der Waals surface area contributed by atoms with Crippen molar-refractivity contribution in [3.63, 3.8) is 0 Å². The Morgan fingerprint density at radius 3 is 1.96 bits per heavy atom. The minimum absolute atomic E-state index is 0.258. The first-order valence-electron chi connectivity index (χ1n) is 6.53. The number of alkyl halides is 6. The fourth-order valence-electron chi connectivity index (χ4n) is 1.84. The normalized spacial score (nSPS) is 12.7. The number of rotatable bonds is 4. The van der Waals surface area contributed by atoms with Crippen molar-refractivity contribution in [2.24, 2.45) is 0 Å². The quantitative estimate of drug-likeness (QED) is 0.763. The van der Waals surface area contributed by atoms with Gasteiger partial charge < -0.3 is 4.74 Å². The highest BCUT2D eigenvalue weighted by atomic mass is 32.2. The Morgan fingerprint density at radius 2 is 1.46 bits per heavy atom. The van der Waals surface area contributed by atoms with E-state index in [4.69, 9.17) is 0 Å². The molecule has 0 bridgehead atoms. The molecule has 0 saturated heterocycles. The van der Waals surface area contributed by atoms with Crippen LogP contribution in [-0.2, 0) is 16.2 Å². The van der Waals surface area contributed by atoms with E-state index in [1.165, 1.54) is 0 Å². The van der Waals surface area contributed by atoms with Gasteiger partial charge in [0.1, 0.15) is 11.6 Å². The number of benzene rings is 2. The van der Waals surface area contributed by atoms with Gasteiger partial charge in [0.2, 0.25) is 0 Å². The van der Waals surface area contributed by atoms with E-state index in [1.807, 2.05) is 0 Å². The van der Waals surface area contributed by atoms with Gasteiger partial charge in [-0.1, -0.05) is 0 Å². The first kappa shape index (κ1) is 19.8. The molecule has 2 aromatic carbocycles. The summed E-state index contributed by atoms with van der Waals surface area (Å²) in [6, 6.07) is 4.41. The minimum atomic E-state index is -5.04. The smallest absolute Gasteiger partial charge is 0.406 e. The molecule has 0 aliphatic heterocycles. The summed E-state index contributed by atoms with van der Waals surface area (Å²) in [6.07, 6.45) is -10.0. The molecule has 0 amide bonds. The highest BCUT2D eigenvalue weighted by molar-refractivity contribution is 7.92. The van der Waals surface area contributed by atoms with Gasteiger partial charge in [0.05, 0.1) is 10.5 Å². The molecule has 2 rings (SSSR count). The van der Waals surface area contributed by atoms with E-state index >= 15 is 0 Å². The summed E-state index contributed by atoms with van der Waals surface area (Å²) in [4.78, 5) is -0.537. The molecule has 26 heavy (non-hydrogen) atoms. The Balaban J connectivity index is 2.26. The third kappa shape index (κ3) is 5.00. The number of sulfonamides is 1. The Hall–Kier alpha value is -2.50. The number of hydrogen-bond acceptors (Lipinski definition) is 3. The first-order valence-corrected chi connectivity index (χ1v) is 8.02. The van der Waals surface area contributed by atoms with E-state index in [2.05, 4.69) is 4.74 Å². The predicted molar refractivity (Wildman–Crippen MR) is 75.3 cm³/mol. The van der Waals surface area contributed by atoms with Gasteiger partial charge in [-0.2, -0.15) is 13.2 Å². The van der Waals surface area contributed by atoms with Crippen LogP contribution in [-0.4, -0.2) is 14.8 Å². The molecule has 0 unspecified atom stereocenters. The Bertz CT molecular complexity index is 890. The van der Waals surface area contributed by atoms with Crippen LogP contribution >= 0.6 is 0 Å². The standard InChI is InChI=1S/C14H8F7NO3S/c15-12-6-1-8(7-11(12)13(16,17)18)22-26(23,24)10-4-2-9(3-5-10)25-14(19,20)21/h1-7,22H. The van der Waals surface area contributed by atoms with E-state index in [0.29, 0.717) is 18.2 Å². The zero-order valence-corrected chi connectivity index (χ0v) is 13.1. The van der Waals surface area contributed by atoms with Crippen molar-refractivity contribution in [3.8, 4) is 5.75 Å². The summed E-state index contributed by atoms with van der Waals surface area (Å²) in [5, 5.41) is 0. The number of ether oxygens (including phenoxy) is 1. The van der Waals surface area contributed by atoms with Gasteiger partial charge >= 0.3 is 12.5 Å². The van der Waals surface area contributed by atoms with Crippen LogP contribution in [0, 0.1) is 5.82 Å². The predicted octanol–water partition coefficient (Wildman–Crippen LogP) is 4.54. The molecule has 12 heteroatoms. The van der Waals surface area contributed by atoms with E-state index in [0.717, 1.165) is 18.2 Å². The van der Waals surface area contributed by atoms with Crippen LogP contribution in [0.3, 0.4) is 0 Å². The summed E-state index contributed by atoms with van der Waals surface area (Å²) in [7, 11) is -4.43. The van der Waals surface area contributed by atoms with E-state index in [-0.39, 0.29) is 6.07 Å². The molecule has 0 heterocycles. The van der Waals surface area contributed by atoms with E-state index in [9.17, 15) is 39.2 Å². The molecule has 4 nitrogen and oxygen atoms in total. The van der Waals surface area contributed by atoms with Gasteiger partial charge in [-0.05, 0) is 42.5 Å². The molecule has 0 radical (unpaired) electrons. The molecule has 142 valence electrons. The molecule has 0 aliphatic rings. The molecule has 0 aromatic heterocycles. The second-order valence-electron chi connectivity index (χ2n) is 4.82. The maximum absolute atomic E-state index is 13.2. The summed E-state index contributed by atoms with van der Waals surface area (Å²) in [5.41, 5.74) is -2.25. The Morgan fingerprint density at radius 1 is 0.885 bits per heavy atom. The number of anilines is 1. The summed E-state index contributed by atoms with van der Waals surface area (Å²) in [6.45, 7) is 0. The fraction of sp³-hybridized carbons (Fsp3) is 0.143. The van der Waals surface area contributed by atoms with Crippen LogP contribution in [0.2, 0.25) is 0 Å². The van der Waals surface area contributed by atoms with Crippen LogP contribution in [0.4, 0.5) is 36.4 Å². The van der Waals surface area contributed by atoms with Crippen LogP contribution < -0.4 is 9.46 Å². The molecule has 0 atom stereocenters. The zero-order chi connectivity index (χ0) is 19.8. The van der Waals surface area contributed by atoms with Crippen LogP contribution in [0.25, 0.3) is 0 Å². The van der Waals surface area contributed by atoms with Gasteiger partial charge in [-0.3, -0.25) is 4.72 Å². The second kappa shape index (κ2) is 6.67. The molecule has 2 aromatic rings. The molecule has 0 aliphatic carbocycles. The fourth-order valence-corrected chi connectivity index (χ4v) is 2.89. The van der Waals surface area contributed by atoms with Crippen LogP contribution in [0.15, 0.2) is 47.4 Å². The third-order valence-electron chi connectivity index (χ3n) is 2.89. The molecule has 0 spiro atoms. The molecule has 0 fully saturated rings. The number of nitrogens with one attached hydrogen (secondary N) is 1. The van der Waals surface area contributed by atoms with Crippen molar-refractivity contribution in [1.82, 2.24) is 0 Å².